The van der Waals surface area contributed by atoms with Crippen LogP contribution in [0.2, 0.25) is 0 Å². The normalized spacial score (nSPS) is 12.4. The maximum Gasteiger partial charge on any atom is 0.222 e. The van der Waals surface area contributed by atoms with Crippen LogP contribution in [0.25, 0.3) is 0 Å². The number of aromatic nitrogens is 1. The van der Waals surface area contributed by atoms with E-state index >= 15 is 0 Å². The molecule has 1 N–H and O–H groups in total. The van der Waals surface area contributed by atoms with Gasteiger partial charge in [-0.05, 0) is 11.5 Å². The van der Waals surface area contributed by atoms with Crippen molar-refractivity contribution in [3.05, 3.63) is 10.9 Å². The predicted molar refractivity (Wildman–Crippen MR) is 45.6 cm³/mol. The van der Waals surface area contributed by atoms with Crippen LogP contribution in [0.1, 0.15) is 24.1 Å². The monoisotopic (exact) mass is 167 g/mol. The second-order valence-corrected chi connectivity index (χ2v) is 3.23. The van der Waals surface area contributed by atoms with E-state index in [1.807, 2.05) is 6.92 Å². The first-order chi connectivity index (χ1) is 5.24. The van der Waals surface area contributed by atoms with Crippen LogP contribution in [0, 0.1) is 12.3 Å². The summed E-state index contributed by atoms with van der Waals surface area (Å²) in [6, 6.07) is 1.66. The molecule has 0 radical (unpaired) electrons. The lowest BCUT2D eigenvalue weighted by Crippen LogP contribution is -1.86. The van der Waals surface area contributed by atoms with Crippen molar-refractivity contribution < 1.29 is 5.11 Å². The van der Waals surface area contributed by atoms with Crippen molar-refractivity contribution in [2.45, 2.75) is 19.3 Å². The molecular formula is C8H9NOS. The summed E-state index contributed by atoms with van der Waals surface area (Å²) in [6.45, 7) is 2.02. The summed E-state index contributed by atoms with van der Waals surface area (Å²) >= 11 is 1.30. The third kappa shape index (κ3) is 1.95. The summed E-state index contributed by atoms with van der Waals surface area (Å²) in [4.78, 5) is 1.04. The van der Waals surface area contributed by atoms with E-state index in [0.717, 1.165) is 4.88 Å². The molecule has 0 aliphatic rings. The van der Waals surface area contributed by atoms with Crippen LogP contribution in [-0.2, 0) is 0 Å². The van der Waals surface area contributed by atoms with Crippen molar-refractivity contribution in [1.29, 1.82) is 0 Å². The fraction of sp³-hybridized carbons (Fsp3) is 0.375. The molecule has 0 unspecified atom stereocenters. The summed E-state index contributed by atoms with van der Waals surface area (Å²) in [5, 5.41) is 8.92. The zero-order valence-corrected chi connectivity index (χ0v) is 7.06. The second kappa shape index (κ2) is 3.40. The number of hydrogen-bond donors (Lipinski definition) is 1. The van der Waals surface area contributed by atoms with Gasteiger partial charge >= 0.3 is 0 Å². The average molecular weight is 167 g/mol. The van der Waals surface area contributed by atoms with E-state index in [1.54, 1.807) is 6.07 Å². The van der Waals surface area contributed by atoms with Gasteiger partial charge in [0.05, 0.1) is 0 Å². The third-order valence-electron chi connectivity index (χ3n) is 1.43. The van der Waals surface area contributed by atoms with Gasteiger partial charge in [-0.3, -0.25) is 0 Å². The summed E-state index contributed by atoms with van der Waals surface area (Å²) in [5.74, 6) is 2.97. The maximum absolute atomic E-state index is 8.92. The fourth-order valence-corrected chi connectivity index (χ4v) is 1.46. The average Bonchev–Trinajstić information content (AvgIpc) is 2.36. The molecule has 0 aromatic carbocycles. The smallest absolute Gasteiger partial charge is 0.222 e. The van der Waals surface area contributed by atoms with Gasteiger partial charge in [-0.25, -0.2) is 0 Å². The van der Waals surface area contributed by atoms with Crippen molar-refractivity contribution in [3.8, 4) is 18.2 Å². The Labute approximate surface area is 70.1 Å². The SMILES string of the molecule is C#CC[C@@H](C)c1cc(O)ns1. The minimum absolute atomic E-state index is 0.0915. The Morgan fingerprint density at radius 2 is 2.64 bits per heavy atom. The number of terminal acetylenes is 1. The molecule has 3 heteroatoms. The Morgan fingerprint density at radius 3 is 3.09 bits per heavy atom. The van der Waals surface area contributed by atoms with Crippen LogP contribution < -0.4 is 0 Å². The van der Waals surface area contributed by atoms with Gasteiger partial charge in [0.15, 0.2) is 0 Å². The van der Waals surface area contributed by atoms with Crippen LogP contribution in [-0.4, -0.2) is 9.48 Å². The standard InChI is InChI=1S/C8H9NOS/c1-3-4-6(2)7-5-8(10)9-11-7/h1,5-6H,4H2,2H3,(H,9,10)/t6-/m1/s1. The number of rotatable bonds is 2. The van der Waals surface area contributed by atoms with E-state index < -0.39 is 0 Å². The molecule has 0 spiro atoms. The van der Waals surface area contributed by atoms with Crippen molar-refractivity contribution >= 4 is 11.5 Å². The fourth-order valence-electron chi connectivity index (χ4n) is 0.789. The maximum atomic E-state index is 8.92. The Hall–Kier alpha value is -1.01. The number of aromatic hydroxyl groups is 1. The molecule has 0 bridgehead atoms. The van der Waals surface area contributed by atoms with Crippen LogP contribution in [0.15, 0.2) is 6.07 Å². The predicted octanol–water partition coefficient (Wildman–Crippen LogP) is 1.98. The molecule has 2 nitrogen and oxygen atoms in total. The lowest BCUT2D eigenvalue weighted by Gasteiger charge is -2.00. The molecule has 0 saturated carbocycles. The molecule has 1 aromatic rings. The van der Waals surface area contributed by atoms with Gasteiger partial charge in [0, 0.05) is 23.3 Å². The molecule has 0 fully saturated rings. The van der Waals surface area contributed by atoms with E-state index in [0.29, 0.717) is 12.3 Å². The van der Waals surface area contributed by atoms with Crippen molar-refractivity contribution in [3.63, 3.8) is 0 Å². The van der Waals surface area contributed by atoms with E-state index in [9.17, 15) is 0 Å². The molecule has 1 rings (SSSR count). The van der Waals surface area contributed by atoms with Gasteiger partial charge in [-0.1, -0.05) is 6.92 Å². The topological polar surface area (TPSA) is 33.1 Å². The highest BCUT2D eigenvalue weighted by atomic mass is 32.1. The highest BCUT2D eigenvalue weighted by molar-refractivity contribution is 7.06. The van der Waals surface area contributed by atoms with E-state index in [-0.39, 0.29) is 5.88 Å². The van der Waals surface area contributed by atoms with Crippen LogP contribution in [0.5, 0.6) is 5.88 Å². The van der Waals surface area contributed by atoms with Crippen molar-refractivity contribution in [1.82, 2.24) is 4.37 Å². The molecule has 1 aromatic heterocycles. The first-order valence-corrected chi connectivity index (χ1v) is 4.10. The molecule has 1 heterocycles. The molecular weight excluding hydrogens is 158 g/mol. The Balaban J connectivity index is 2.70. The molecule has 58 valence electrons. The quantitative estimate of drug-likeness (QED) is 0.683. The molecule has 0 amide bonds. The van der Waals surface area contributed by atoms with Gasteiger partial charge in [-0.2, -0.15) is 4.37 Å². The first-order valence-electron chi connectivity index (χ1n) is 3.33. The second-order valence-electron chi connectivity index (χ2n) is 2.40. The minimum Gasteiger partial charge on any atom is -0.493 e. The largest absolute Gasteiger partial charge is 0.493 e. The minimum atomic E-state index is 0.0915. The Morgan fingerprint density at radius 1 is 1.91 bits per heavy atom. The van der Waals surface area contributed by atoms with Gasteiger partial charge in [-0.15, -0.1) is 12.3 Å². The molecule has 11 heavy (non-hydrogen) atoms. The first kappa shape index (κ1) is 8.09. The highest BCUT2D eigenvalue weighted by Crippen LogP contribution is 2.25. The zero-order chi connectivity index (χ0) is 8.27. The third-order valence-corrected chi connectivity index (χ3v) is 2.44. The summed E-state index contributed by atoms with van der Waals surface area (Å²) in [6.07, 6.45) is 5.84. The zero-order valence-electron chi connectivity index (χ0n) is 6.24. The van der Waals surface area contributed by atoms with Gasteiger partial charge in [0.25, 0.3) is 0 Å². The van der Waals surface area contributed by atoms with Crippen molar-refractivity contribution in [2.24, 2.45) is 0 Å². The van der Waals surface area contributed by atoms with E-state index in [2.05, 4.69) is 10.3 Å². The lowest BCUT2D eigenvalue weighted by atomic mass is 10.1. The van der Waals surface area contributed by atoms with Gasteiger partial charge < -0.3 is 5.11 Å². The lowest BCUT2D eigenvalue weighted by molar-refractivity contribution is 0.459. The van der Waals surface area contributed by atoms with Gasteiger partial charge in [0.1, 0.15) is 0 Å². The Bertz CT molecular complexity index is 274. The van der Waals surface area contributed by atoms with Crippen molar-refractivity contribution in [2.75, 3.05) is 0 Å². The van der Waals surface area contributed by atoms with E-state index in [4.69, 9.17) is 11.5 Å². The van der Waals surface area contributed by atoms with E-state index in [1.165, 1.54) is 11.5 Å². The highest BCUT2D eigenvalue weighted by Gasteiger charge is 2.07. The molecule has 1 atom stereocenters. The number of hydrogen-bond acceptors (Lipinski definition) is 3. The molecule has 0 aliphatic carbocycles. The summed E-state index contributed by atoms with van der Waals surface area (Å²) < 4.78 is 3.75. The van der Waals surface area contributed by atoms with Crippen LogP contribution >= 0.6 is 11.5 Å². The summed E-state index contributed by atoms with van der Waals surface area (Å²) in [5.41, 5.74) is 0. The van der Waals surface area contributed by atoms with Gasteiger partial charge in [0.2, 0.25) is 5.88 Å². The molecule has 0 aliphatic heterocycles. The van der Waals surface area contributed by atoms with Crippen LogP contribution in [0.4, 0.5) is 0 Å². The Kier molecular flexibility index (Phi) is 2.50. The van der Waals surface area contributed by atoms with Crippen LogP contribution in [0.3, 0.4) is 0 Å². The number of nitrogens with zero attached hydrogens (tertiary/aromatic N) is 1. The summed E-state index contributed by atoms with van der Waals surface area (Å²) in [7, 11) is 0. The molecule has 0 saturated heterocycles.